The van der Waals surface area contributed by atoms with Gasteiger partial charge in [-0.25, -0.2) is 14.5 Å². The molecule has 0 spiro atoms. The van der Waals surface area contributed by atoms with Crippen LogP contribution in [0.15, 0.2) is 78.1 Å². The quantitative estimate of drug-likeness (QED) is 0.259. The van der Waals surface area contributed by atoms with Crippen molar-refractivity contribution in [2.24, 2.45) is 0 Å². The van der Waals surface area contributed by atoms with Crippen molar-refractivity contribution < 1.29 is 18.3 Å². The smallest absolute Gasteiger partial charge is 0.416 e. The second-order valence-electron chi connectivity index (χ2n) is 9.37. The van der Waals surface area contributed by atoms with Crippen molar-refractivity contribution in [1.29, 1.82) is 0 Å². The number of aryl methyl sites for hydroxylation is 1. The summed E-state index contributed by atoms with van der Waals surface area (Å²) in [6.07, 6.45) is -0.110. The molecule has 0 fully saturated rings. The lowest BCUT2D eigenvalue weighted by Gasteiger charge is -2.20. The number of H-pyrrole nitrogens is 1. The standard InChI is InChI=1S/C28H22F3N7O2/c1-15-10-11-37-23(15)27(40)38(18-6-4-3-5-7-18)26(36-37)16(2)35-25-22-20(13-32-24(22)33-14-34-25)19-12-17(28(29,30)31)8-9-21(19)39/h3-14,16,39H,1-2H3,(H2,32,33,34,35). The lowest BCUT2D eigenvalue weighted by Crippen LogP contribution is -2.29. The Balaban J connectivity index is 1.50. The van der Waals surface area contributed by atoms with Gasteiger partial charge in [-0.1, -0.05) is 18.2 Å². The van der Waals surface area contributed by atoms with E-state index in [2.05, 4.69) is 20.3 Å². The molecule has 12 heteroatoms. The molecule has 9 nitrogen and oxygen atoms in total. The SMILES string of the molecule is Cc1ccn2nc(C(C)Nc3ncnc4[nH]cc(-c5cc(C(F)(F)F)ccc5O)c34)n(-c3ccccc3)c(=O)c12. The monoisotopic (exact) mass is 545 g/mol. The summed E-state index contributed by atoms with van der Waals surface area (Å²) in [4.78, 5) is 25.2. The number of fused-ring (bicyclic) bond motifs is 2. The van der Waals surface area contributed by atoms with Crippen molar-refractivity contribution in [2.45, 2.75) is 26.1 Å². The van der Waals surface area contributed by atoms with E-state index in [0.29, 0.717) is 28.1 Å². The van der Waals surface area contributed by atoms with Crippen molar-refractivity contribution in [3.63, 3.8) is 0 Å². The van der Waals surface area contributed by atoms with Gasteiger partial charge < -0.3 is 15.4 Å². The second kappa shape index (κ2) is 9.26. The summed E-state index contributed by atoms with van der Waals surface area (Å²) >= 11 is 0. The Hall–Kier alpha value is -5.13. The minimum atomic E-state index is -4.59. The Bertz CT molecular complexity index is 1940. The molecule has 1 atom stereocenters. The number of benzene rings is 2. The number of hydrogen-bond donors (Lipinski definition) is 3. The summed E-state index contributed by atoms with van der Waals surface area (Å²) in [6, 6.07) is 13.0. The van der Waals surface area contributed by atoms with E-state index in [1.165, 1.54) is 21.6 Å². The van der Waals surface area contributed by atoms with Gasteiger partial charge in [0.2, 0.25) is 0 Å². The van der Waals surface area contributed by atoms with Crippen LogP contribution in [0.2, 0.25) is 0 Å². The third-order valence-corrected chi connectivity index (χ3v) is 6.75. The molecule has 0 bridgehead atoms. The lowest BCUT2D eigenvalue weighted by atomic mass is 10.0. The number of hydrogen-bond acceptors (Lipinski definition) is 6. The van der Waals surface area contributed by atoms with Crippen LogP contribution in [0.4, 0.5) is 19.0 Å². The normalized spacial score (nSPS) is 12.7. The molecule has 202 valence electrons. The minimum Gasteiger partial charge on any atom is -0.507 e. The number of phenolic OH excluding ortho intramolecular Hbond substituents is 1. The topological polar surface area (TPSA) is 113 Å². The van der Waals surface area contributed by atoms with Gasteiger partial charge in [0.25, 0.3) is 5.56 Å². The average molecular weight is 546 g/mol. The van der Waals surface area contributed by atoms with Crippen molar-refractivity contribution in [2.75, 3.05) is 5.32 Å². The van der Waals surface area contributed by atoms with Gasteiger partial charge in [-0.05, 0) is 55.8 Å². The highest BCUT2D eigenvalue weighted by Gasteiger charge is 2.32. The summed E-state index contributed by atoms with van der Waals surface area (Å²) < 4.78 is 43.4. The van der Waals surface area contributed by atoms with Crippen LogP contribution >= 0.6 is 0 Å². The maximum absolute atomic E-state index is 13.7. The second-order valence-corrected chi connectivity index (χ2v) is 9.37. The zero-order chi connectivity index (χ0) is 28.2. The average Bonchev–Trinajstić information content (AvgIpc) is 3.53. The maximum atomic E-state index is 13.7. The van der Waals surface area contributed by atoms with Crippen LogP contribution in [0.25, 0.3) is 33.4 Å². The highest BCUT2D eigenvalue weighted by molar-refractivity contribution is 6.02. The molecule has 3 N–H and O–H groups in total. The highest BCUT2D eigenvalue weighted by Crippen LogP contribution is 2.41. The number of nitrogens with zero attached hydrogens (tertiary/aromatic N) is 5. The van der Waals surface area contributed by atoms with Crippen molar-refractivity contribution in [1.82, 2.24) is 29.1 Å². The van der Waals surface area contributed by atoms with E-state index < -0.39 is 17.8 Å². The number of anilines is 1. The lowest BCUT2D eigenvalue weighted by molar-refractivity contribution is -0.137. The summed E-state index contributed by atoms with van der Waals surface area (Å²) in [7, 11) is 0. The molecule has 0 saturated heterocycles. The number of rotatable bonds is 5. The molecule has 0 aliphatic heterocycles. The fourth-order valence-electron chi connectivity index (χ4n) is 4.82. The van der Waals surface area contributed by atoms with Crippen molar-refractivity contribution in [3.05, 3.63) is 101 Å². The third-order valence-electron chi connectivity index (χ3n) is 6.75. The summed E-state index contributed by atoms with van der Waals surface area (Å²) in [6.45, 7) is 3.63. The largest absolute Gasteiger partial charge is 0.507 e. The Morgan fingerprint density at radius 1 is 1.05 bits per heavy atom. The Morgan fingerprint density at radius 2 is 1.82 bits per heavy atom. The van der Waals surface area contributed by atoms with Gasteiger partial charge in [0.05, 0.1) is 22.7 Å². The number of aromatic hydroxyl groups is 1. The molecule has 6 aromatic rings. The molecular formula is C28H22F3N7O2. The first kappa shape index (κ1) is 25.2. The van der Waals surface area contributed by atoms with Crippen LogP contribution in [0.1, 0.15) is 29.9 Å². The van der Waals surface area contributed by atoms with Gasteiger partial charge in [-0.2, -0.15) is 18.3 Å². The summed E-state index contributed by atoms with van der Waals surface area (Å²) in [5.41, 5.74) is 1.28. The minimum absolute atomic E-state index is 0.0323. The van der Waals surface area contributed by atoms with Gasteiger partial charge >= 0.3 is 6.18 Å². The molecule has 6 rings (SSSR count). The van der Waals surface area contributed by atoms with E-state index in [-0.39, 0.29) is 28.3 Å². The van der Waals surface area contributed by atoms with Crippen molar-refractivity contribution >= 4 is 22.4 Å². The molecule has 1 unspecified atom stereocenters. The number of phenols is 1. The zero-order valence-corrected chi connectivity index (χ0v) is 21.2. The third kappa shape index (κ3) is 4.13. The molecule has 0 aliphatic carbocycles. The van der Waals surface area contributed by atoms with Crippen LogP contribution < -0.4 is 10.9 Å². The van der Waals surface area contributed by atoms with Crippen molar-refractivity contribution in [3.8, 4) is 22.6 Å². The first-order valence-corrected chi connectivity index (χ1v) is 12.3. The van der Waals surface area contributed by atoms with Gasteiger partial charge in [-0.15, -0.1) is 0 Å². The van der Waals surface area contributed by atoms with E-state index in [1.807, 2.05) is 31.2 Å². The van der Waals surface area contributed by atoms with E-state index in [4.69, 9.17) is 5.10 Å². The summed E-state index contributed by atoms with van der Waals surface area (Å²) in [5, 5.41) is 18.8. The predicted molar refractivity (Wildman–Crippen MR) is 144 cm³/mol. The molecule has 0 aliphatic rings. The highest BCUT2D eigenvalue weighted by atomic mass is 19.4. The first-order valence-electron chi connectivity index (χ1n) is 12.3. The molecular weight excluding hydrogens is 523 g/mol. The maximum Gasteiger partial charge on any atom is 0.416 e. The first-order chi connectivity index (χ1) is 19.1. The fraction of sp³-hybridized carbons (Fsp3) is 0.143. The van der Waals surface area contributed by atoms with Crippen LogP contribution in [-0.2, 0) is 6.18 Å². The molecule has 0 saturated carbocycles. The Labute approximate surface area is 224 Å². The van der Waals surface area contributed by atoms with Gasteiger partial charge in [-0.3, -0.25) is 9.36 Å². The number of para-hydroxylation sites is 1. The van der Waals surface area contributed by atoms with E-state index in [1.54, 1.807) is 25.3 Å². The van der Waals surface area contributed by atoms with Crippen LogP contribution in [-0.4, -0.2) is 34.2 Å². The summed E-state index contributed by atoms with van der Waals surface area (Å²) in [5.74, 6) is 0.332. The van der Waals surface area contributed by atoms with E-state index >= 15 is 0 Å². The predicted octanol–water partition coefficient (Wildman–Crippen LogP) is 5.63. The fourth-order valence-corrected chi connectivity index (χ4v) is 4.82. The van der Waals surface area contributed by atoms with E-state index in [0.717, 1.165) is 23.8 Å². The van der Waals surface area contributed by atoms with Gasteiger partial charge in [0.15, 0.2) is 5.82 Å². The molecule has 4 heterocycles. The molecule has 0 amide bonds. The zero-order valence-electron chi connectivity index (χ0n) is 21.2. The number of alkyl halides is 3. The number of aromatic amines is 1. The Morgan fingerprint density at radius 3 is 2.58 bits per heavy atom. The van der Waals surface area contributed by atoms with Crippen LogP contribution in [0, 0.1) is 6.92 Å². The van der Waals surface area contributed by atoms with Gasteiger partial charge in [0, 0.05) is 23.5 Å². The molecule has 0 radical (unpaired) electrons. The van der Waals surface area contributed by atoms with Gasteiger partial charge in [0.1, 0.15) is 29.1 Å². The number of aromatic nitrogens is 6. The number of nitrogens with one attached hydrogen (secondary N) is 2. The number of halogens is 3. The molecule has 4 aromatic heterocycles. The van der Waals surface area contributed by atoms with E-state index in [9.17, 15) is 23.1 Å². The van der Waals surface area contributed by atoms with Crippen LogP contribution in [0.3, 0.4) is 0 Å². The molecule has 2 aromatic carbocycles. The van der Waals surface area contributed by atoms with Crippen LogP contribution in [0.5, 0.6) is 5.75 Å². The molecule has 40 heavy (non-hydrogen) atoms. The Kier molecular flexibility index (Phi) is 5.82.